The van der Waals surface area contributed by atoms with Crippen LogP contribution in [0.15, 0.2) is 61.1 Å². The highest BCUT2D eigenvalue weighted by Crippen LogP contribution is 2.34. The zero-order valence-electron chi connectivity index (χ0n) is 13.2. The van der Waals surface area contributed by atoms with Crippen molar-refractivity contribution in [2.75, 3.05) is 5.32 Å². The van der Waals surface area contributed by atoms with Crippen LogP contribution >= 0.6 is 0 Å². The molecular weight excluding hydrogens is 302 g/mol. The molecule has 2 aromatic heterocycles. The summed E-state index contributed by atoms with van der Waals surface area (Å²) in [5.74, 6) is 1.56. The molecule has 6 nitrogen and oxygen atoms in total. The van der Waals surface area contributed by atoms with E-state index in [0.717, 1.165) is 11.6 Å². The normalized spacial score (nSPS) is 22.8. The van der Waals surface area contributed by atoms with E-state index < -0.39 is 0 Å². The predicted molar refractivity (Wildman–Crippen MR) is 90.6 cm³/mol. The van der Waals surface area contributed by atoms with Crippen molar-refractivity contribution in [2.24, 2.45) is 0 Å². The summed E-state index contributed by atoms with van der Waals surface area (Å²) in [6, 6.07) is 13.9. The SMILES string of the molecule is O[C@@H]1C[C@H](Nc2ccnc(Cc3ccccc3)n2)[C@H]1n1cccn1. The van der Waals surface area contributed by atoms with Crippen molar-refractivity contribution >= 4 is 5.82 Å². The molecule has 4 rings (SSSR count). The molecule has 0 aliphatic heterocycles. The minimum Gasteiger partial charge on any atom is -0.391 e. The van der Waals surface area contributed by atoms with Gasteiger partial charge in [0.05, 0.1) is 18.2 Å². The van der Waals surface area contributed by atoms with E-state index in [0.29, 0.717) is 12.8 Å². The number of nitrogens with one attached hydrogen (secondary N) is 1. The van der Waals surface area contributed by atoms with Crippen LogP contribution in [0.1, 0.15) is 23.9 Å². The first-order chi connectivity index (χ1) is 11.8. The highest BCUT2D eigenvalue weighted by atomic mass is 16.3. The summed E-state index contributed by atoms with van der Waals surface area (Å²) < 4.78 is 1.80. The Bertz CT molecular complexity index is 790. The number of aromatic nitrogens is 4. The molecule has 0 bridgehead atoms. The van der Waals surface area contributed by atoms with Gasteiger partial charge in [-0.3, -0.25) is 4.68 Å². The predicted octanol–water partition coefficient (Wildman–Crippen LogP) is 2.05. The highest BCUT2D eigenvalue weighted by Gasteiger charge is 2.41. The van der Waals surface area contributed by atoms with Gasteiger partial charge in [-0.1, -0.05) is 30.3 Å². The van der Waals surface area contributed by atoms with E-state index in [2.05, 4.69) is 32.5 Å². The summed E-state index contributed by atoms with van der Waals surface area (Å²) in [7, 11) is 0. The molecule has 24 heavy (non-hydrogen) atoms. The van der Waals surface area contributed by atoms with Gasteiger partial charge in [0, 0.05) is 25.0 Å². The van der Waals surface area contributed by atoms with Crippen LogP contribution in [0, 0.1) is 0 Å². The Kier molecular flexibility index (Phi) is 3.96. The number of aliphatic hydroxyl groups excluding tert-OH is 1. The van der Waals surface area contributed by atoms with E-state index in [-0.39, 0.29) is 18.2 Å². The van der Waals surface area contributed by atoms with Crippen LogP contribution in [-0.2, 0) is 6.42 Å². The molecule has 122 valence electrons. The van der Waals surface area contributed by atoms with E-state index in [1.54, 1.807) is 17.1 Å². The first-order valence-electron chi connectivity index (χ1n) is 8.09. The average Bonchev–Trinajstić information content (AvgIpc) is 3.09. The third kappa shape index (κ3) is 3.00. The van der Waals surface area contributed by atoms with Gasteiger partial charge >= 0.3 is 0 Å². The van der Waals surface area contributed by atoms with Crippen molar-refractivity contribution in [2.45, 2.75) is 31.0 Å². The molecule has 3 atom stereocenters. The van der Waals surface area contributed by atoms with E-state index in [9.17, 15) is 5.11 Å². The van der Waals surface area contributed by atoms with Gasteiger partial charge in [-0.05, 0) is 24.1 Å². The first-order valence-corrected chi connectivity index (χ1v) is 8.09. The van der Waals surface area contributed by atoms with Crippen LogP contribution in [0.5, 0.6) is 0 Å². The molecule has 0 saturated heterocycles. The standard InChI is InChI=1S/C18H19N5O/c24-15-12-14(18(15)23-10-4-8-20-23)21-16-7-9-19-17(22-16)11-13-5-2-1-3-6-13/h1-10,14-15,18,24H,11-12H2,(H,19,21,22)/t14-,15+,18+/m0/s1. The fraction of sp³-hybridized carbons (Fsp3) is 0.278. The lowest BCUT2D eigenvalue weighted by Crippen LogP contribution is -2.51. The Morgan fingerprint density at radius 1 is 1.12 bits per heavy atom. The number of benzene rings is 1. The van der Waals surface area contributed by atoms with Crippen molar-refractivity contribution in [3.05, 3.63) is 72.4 Å². The summed E-state index contributed by atoms with van der Waals surface area (Å²) in [5, 5.41) is 17.7. The second-order valence-corrected chi connectivity index (χ2v) is 6.05. The Morgan fingerprint density at radius 2 is 2.00 bits per heavy atom. The van der Waals surface area contributed by atoms with Crippen LogP contribution in [-0.4, -0.2) is 37.0 Å². The first kappa shape index (κ1) is 14.8. The third-order valence-electron chi connectivity index (χ3n) is 4.38. The molecule has 0 unspecified atom stereocenters. The lowest BCUT2D eigenvalue weighted by Gasteiger charge is -2.42. The van der Waals surface area contributed by atoms with Crippen molar-refractivity contribution in [1.29, 1.82) is 0 Å². The lowest BCUT2D eigenvalue weighted by molar-refractivity contribution is 0.0133. The summed E-state index contributed by atoms with van der Waals surface area (Å²) in [6.45, 7) is 0. The maximum Gasteiger partial charge on any atom is 0.135 e. The smallest absolute Gasteiger partial charge is 0.135 e. The summed E-state index contributed by atoms with van der Waals surface area (Å²) in [6.07, 6.45) is 6.38. The molecule has 0 amide bonds. The minimum absolute atomic E-state index is 0.0625. The van der Waals surface area contributed by atoms with Gasteiger partial charge in [-0.2, -0.15) is 5.10 Å². The molecule has 2 N–H and O–H groups in total. The van der Waals surface area contributed by atoms with Crippen LogP contribution in [0.2, 0.25) is 0 Å². The third-order valence-corrected chi connectivity index (χ3v) is 4.38. The van der Waals surface area contributed by atoms with Crippen LogP contribution in [0.3, 0.4) is 0 Å². The highest BCUT2D eigenvalue weighted by molar-refractivity contribution is 5.37. The molecule has 0 spiro atoms. The lowest BCUT2D eigenvalue weighted by atomic mass is 9.83. The maximum atomic E-state index is 10.0. The van der Waals surface area contributed by atoms with Gasteiger partial charge in [0.2, 0.25) is 0 Å². The van der Waals surface area contributed by atoms with Crippen LogP contribution in [0.4, 0.5) is 5.82 Å². The maximum absolute atomic E-state index is 10.0. The Balaban J connectivity index is 1.46. The van der Waals surface area contributed by atoms with E-state index >= 15 is 0 Å². The Morgan fingerprint density at radius 3 is 2.75 bits per heavy atom. The van der Waals surface area contributed by atoms with Crippen molar-refractivity contribution in [3.8, 4) is 0 Å². The number of rotatable bonds is 5. The summed E-state index contributed by atoms with van der Waals surface area (Å²) in [5.41, 5.74) is 1.18. The number of aliphatic hydroxyl groups is 1. The van der Waals surface area contributed by atoms with Gasteiger partial charge in [0.25, 0.3) is 0 Å². The van der Waals surface area contributed by atoms with Gasteiger partial charge in [0.15, 0.2) is 0 Å². The molecule has 1 fully saturated rings. The van der Waals surface area contributed by atoms with Gasteiger partial charge in [-0.15, -0.1) is 0 Å². The molecule has 0 radical (unpaired) electrons. The summed E-state index contributed by atoms with van der Waals surface area (Å²) >= 11 is 0. The molecular formula is C18H19N5O. The van der Waals surface area contributed by atoms with E-state index in [1.165, 1.54) is 5.56 Å². The number of nitrogens with zero attached hydrogens (tertiary/aromatic N) is 4. The summed E-state index contributed by atoms with van der Waals surface area (Å²) in [4.78, 5) is 8.95. The second-order valence-electron chi connectivity index (χ2n) is 6.05. The molecule has 6 heteroatoms. The number of hydrogen-bond acceptors (Lipinski definition) is 5. The van der Waals surface area contributed by atoms with Crippen molar-refractivity contribution in [3.63, 3.8) is 0 Å². The fourth-order valence-electron chi connectivity index (χ4n) is 3.11. The quantitative estimate of drug-likeness (QED) is 0.752. The Hall–Kier alpha value is -2.73. The Labute approximate surface area is 140 Å². The fourth-order valence-corrected chi connectivity index (χ4v) is 3.11. The number of hydrogen-bond donors (Lipinski definition) is 2. The number of anilines is 1. The van der Waals surface area contributed by atoms with Crippen LogP contribution < -0.4 is 5.32 Å². The minimum atomic E-state index is -0.381. The average molecular weight is 321 g/mol. The van der Waals surface area contributed by atoms with Crippen LogP contribution in [0.25, 0.3) is 0 Å². The molecule has 1 aromatic carbocycles. The van der Waals surface area contributed by atoms with E-state index in [4.69, 9.17) is 0 Å². The molecule has 1 aliphatic carbocycles. The molecule has 1 aliphatic rings. The van der Waals surface area contributed by atoms with Gasteiger partial charge in [0.1, 0.15) is 11.6 Å². The van der Waals surface area contributed by atoms with Gasteiger partial charge in [-0.25, -0.2) is 9.97 Å². The van der Waals surface area contributed by atoms with Gasteiger partial charge < -0.3 is 10.4 Å². The van der Waals surface area contributed by atoms with E-state index in [1.807, 2.05) is 36.5 Å². The largest absolute Gasteiger partial charge is 0.391 e. The molecule has 1 saturated carbocycles. The molecule has 2 heterocycles. The zero-order valence-corrected chi connectivity index (χ0v) is 13.2. The van der Waals surface area contributed by atoms with Crippen molar-refractivity contribution < 1.29 is 5.11 Å². The monoisotopic (exact) mass is 321 g/mol. The van der Waals surface area contributed by atoms with Crippen molar-refractivity contribution in [1.82, 2.24) is 19.7 Å². The zero-order chi connectivity index (χ0) is 16.4. The topological polar surface area (TPSA) is 75.9 Å². The molecule has 3 aromatic rings. The second kappa shape index (κ2) is 6.41.